The number of nitro groups is 1. The summed E-state index contributed by atoms with van der Waals surface area (Å²) in [5, 5.41) is 13.5. The number of nitrogens with zero attached hydrogens (tertiary/aromatic N) is 1. The van der Waals surface area contributed by atoms with E-state index in [-0.39, 0.29) is 11.4 Å². The van der Waals surface area contributed by atoms with Crippen LogP contribution in [0.25, 0.3) is 0 Å². The maximum Gasteiger partial charge on any atom is 0.344 e. The average Bonchev–Trinajstić information content (AvgIpc) is 2.65. The van der Waals surface area contributed by atoms with Gasteiger partial charge in [0.1, 0.15) is 0 Å². The lowest BCUT2D eigenvalue weighted by Gasteiger charge is -2.08. The third-order valence-corrected chi connectivity index (χ3v) is 3.42. The van der Waals surface area contributed by atoms with Crippen molar-refractivity contribution in [2.45, 2.75) is 13.3 Å². The summed E-state index contributed by atoms with van der Waals surface area (Å²) in [5.41, 5.74) is 1.48. The van der Waals surface area contributed by atoms with E-state index in [4.69, 9.17) is 9.47 Å². The van der Waals surface area contributed by atoms with Crippen LogP contribution in [0.2, 0.25) is 0 Å². The highest BCUT2D eigenvalue weighted by Crippen LogP contribution is 2.25. The van der Waals surface area contributed by atoms with Gasteiger partial charge in [-0.25, -0.2) is 4.79 Å². The van der Waals surface area contributed by atoms with Gasteiger partial charge in [0.15, 0.2) is 19.0 Å². The number of para-hydroxylation sites is 2. The van der Waals surface area contributed by atoms with Gasteiger partial charge >= 0.3 is 11.7 Å². The normalized spacial score (nSPS) is 10.0. The summed E-state index contributed by atoms with van der Waals surface area (Å²) in [7, 11) is 0. The van der Waals surface area contributed by atoms with Crippen LogP contribution in [0.15, 0.2) is 48.5 Å². The summed E-state index contributed by atoms with van der Waals surface area (Å²) in [4.78, 5) is 33.7. The van der Waals surface area contributed by atoms with Crippen molar-refractivity contribution in [2.24, 2.45) is 0 Å². The Morgan fingerprint density at radius 3 is 2.42 bits per heavy atom. The van der Waals surface area contributed by atoms with Crippen molar-refractivity contribution in [2.75, 3.05) is 18.5 Å². The average molecular weight is 358 g/mol. The number of rotatable bonds is 8. The molecule has 8 heteroatoms. The zero-order valence-electron chi connectivity index (χ0n) is 14.1. The molecule has 26 heavy (non-hydrogen) atoms. The van der Waals surface area contributed by atoms with Crippen molar-refractivity contribution >= 4 is 23.3 Å². The molecule has 0 aliphatic heterocycles. The van der Waals surface area contributed by atoms with Crippen molar-refractivity contribution in [3.63, 3.8) is 0 Å². The summed E-state index contributed by atoms with van der Waals surface area (Å²) in [5.74, 6) is -1.34. The van der Waals surface area contributed by atoms with Crippen LogP contribution in [0.4, 0.5) is 11.4 Å². The molecule has 0 unspecified atom stereocenters. The van der Waals surface area contributed by atoms with Gasteiger partial charge in [0, 0.05) is 11.8 Å². The van der Waals surface area contributed by atoms with Gasteiger partial charge in [-0.05, 0) is 30.2 Å². The fourth-order valence-corrected chi connectivity index (χ4v) is 2.08. The van der Waals surface area contributed by atoms with E-state index in [1.54, 1.807) is 18.2 Å². The molecule has 0 bridgehead atoms. The monoisotopic (exact) mass is 358 g/mol. The molecule has 1 amide bonds. The molecule has 8 nitrogen and oxygen atoms in total. The van der Waals surface area contributed by atoms with E-state index in [1.165, 1.54) is 18.2 Å². The molecule has 0 aromatic heterocycles. The number of nitrogens with one attached hydrogen (secondary N) is 1. The minimum atomic E-state index is -0.806. The first-order valence-electron chi connectivity index (χ1n) is 7.90. The van der Waals surface area contributed by atoms with E-state index in [0.29, 0.717) is 5.69 Å². The first-order valence-corrected chi connectivity index (χ1v) is 7.90. The van der Waals surface area contributed by atoms with Gasteiger partial charge in [-0.1, -0.05) is 31.2 Å². The van der Waals surface area contributed by atoms with Crippen LogP contribution in [0.1, 0.15) is 12.5 Å². The number of esters is 1. The minimum Gasteiger partial charge on any atom is -0.475 e. The first kappa shape index (κ1) is 18.9. The lowest BCUT2D eigenvalue weighted by Crippen LogP contribution is -2.23. The fraction of sp³-hybridized carbons (Fsp3) is 0.222. The molecule has 0 saturated heterocycles. The Morgan fingerprint density at radius 1 is 1.08 bits per heavy atom. The molecule has 0 saturated carbocycles. The smallest absolute Gasteiger partial charge is 0.344 e. The molecule has 2 aromatic carbocycles. The summed E-state index contributed by atoms with van der Waals surface area (Å²) in [6.45, 7) is 1.01. The molecular weight excluding hydrogens is 340 g/mol. The van der Waals surface area contributed by atoms with Crippen LogP contribution in [0, 0.1) is 10.1 Å². The molecule has 0 fully saturated rings. The van der Waals surface area contributed by atoms with E-state index < -0.39 is 30.0 Å². The molecule has 0 heterocycles. The van der Waals surface area contributed by atoms with Gasteiger partial charge in [-0.3, -0.25) is 14.9 Å². The highest BCUT2D eigenvalue weighted by molar-refractivity contribution is 5.92. The number of nitro benzene ring substituents is 1. The molecule has 0 atom stereocenters. The zero-order chi connectivity index (χ0) is 18.9. The molecule has 0 radical (unpaired) electrons. The van der Waals surface area contributed by atoms with Gasteiger partial charge in [-0.15, -0.1) is 0 Å². The number of carbonyl (C=O) groups excluding carboxylic acids is 2. The fourth-order valence-electron chi connectivity index (χ4n) is 2.08. The molecule has 0 aliphatic carbocycles. The van der Waals surface area contributed by atoms with Gasteiger partial charge in [-0.2, -0.15) is 0 Å². The van der Waals surface area contributed by atoms with Crippen molar-refractivity contribution < 1.29 is 24.0 Å². The van der Waals surface area contributed by atoms with Crippen molar-refractivity contribution in [3.05, 3.63) is 64.2 Å². The summed E-state index contributed by atoms with van der Waals surface area (Å²) < 4.78 is 9.89. The predicted octanol–water partition coefficient (Wildman–Crippen LogP) is 2.72. The third-order valence-electron chi connectivity index (χ3n) is 3.42. The Bertz CT molecular complexity index is 789. The molecular formula is C18H18N2O6. The quantitative estimate of drug-likeness (QED) is 0.442. The number of hydrogen-bond donors (Lipinski definition) is 1. The van der Waals surface area contributed by atoms with Crippen LogP contribution in [-0.2, 0) is 20.7 Å². The molecule has 0 aliphatic rings. The second-order valence-corrected chi connectivity index (χ2v) is 5.27. The van der Waals surface area contributed by atoms with E-state index in [9.17, 15) is 19.7 Å². The van der Waals surface area contributed by atoms with Gasteiger partial charge in [0.2, 0.25) is 0 Å². The second-order valence-electron chi connectivity index (χ2n) is 5.27. The number of amides is 1. The first-order chi connectivity index (χ1) is 12.5. The van der Waals surface area contributed by atoms with E-state index in [2.05, 4.69) is 5.32 Å². The Morgan fingerprint density at radius 2 is 1.77 bits per heavy atom. The molecule has 2 rings (SSSR count). The number of carbonyl (C=O) groups is 2. The molecule has 2 aromatic rings. The highest BCUT2D eigenvalue weighted by Gasteiger charge is 2.16. The van der Waals surface area contributed by atoms with Crippen molar-refractivity contribution in [1.29, 1.82) is 0 Å². The van der Waals surface area contributed by atoms with Crippen molar-refractivity contribution in [3.8, 4) is 5.75 Å². The minimum absolute atomic E-state index is 0.0464. The van der Waals surface area contributed by atoms with E-state index in [0.717, 1.165) is 12.0 Å². The topological polar surface area (TPSA) is 108 Å². The maximum absolute atomic E-state index is 11.8. The lowest BCUT2D eigenvalue weighted by molar-refractivity contribution is -0.385. The van der Waals surface area contributed by atoms with Crippen LogP contribution >= 0.6 is 0 Å². The van der Waals surface area contributed by atoms with Gasteiger partial charge in [0.05, 0.1) is 4.92 Å². The summed E-state index contributed by atoms with van der Waals surface area (Å²) in [6.07, 6.45) is 0.894. The van der Waals surface area contributed by atoms with Crippen LogP contribution < -0.4 is 10.1 Å². The largest absolute Gasteiger partial charge is 0.475 e. The number of ether oxygens (including phenoxy) is 2. The summed E-state index contributed by atoms with van der Waals surface area (Å²) >= 11 is 0. The Kier molecular flexibility index (Phi) is 6.67. The predicted molar refractivity (Wildman–Crippen MR) is 94.0 cm³/mol. The standard InChI is InChI=1S/C18H18N2O6/c1-2-13-7-9-14(10-8-13)19-17(21)11-26-18(22)12-25-16-6-4-3-5-15(16)20(23)24/h3-10H,2,11-12H2,1H3,(H,19,21). The molecule has 1 N–H and O–H groups in total. The SMILES string of the molecule is CCc1ccc(NC(=O)COC(=O)COc2ccccc2[N+](=O)[O-])cc1. The number of hydrogen-bond acceptors (Lipinski definition) is 6. The van der Waals surface area contributed by atoms with Crippen LogP contribution in [0.3, 0.4) is 0 Å². The lowest BCUT2D eigenvalue weighted by atomic mass is 10.1. The Balaban J connectivity index is 1.77. The highest BCUT2D eigenvalue weighted by atomic mass is 16.6. The number of anilines is 1. The number of benzene rings is 2. The van der Waals surface area contributed by atoms with E-state index in [1.807, 2.05) is 19.1 Å². The molecule has 0 spiro atoms. The number of aryl methyl sites for hydroxylation is 1. The van der Waals surface area contributed by atoms with Gasteiger partial charge < -0.3 is 14.8 Å². The Hall–Kier alpha value is -3.42. The zero-order valence-corrected chi connectivity index (χ0v) is 14.1. The maximum atomic E-state index is 11.8. The van der Waals surface area contributed by atoms with Gasteiger partial charge in [0.25, 0.3) is 5.91 Å². The van der Waals surface area contributed by atoms with Crippen LogP contribution in [-0.4, -0.2) is 30.0 Å². The third kappa shape index (κ3) is 5.59. The van der Waals surface area contributed by atoms with Crippen LogP contribution in [0.5, 0.6) is 5.75 Å². The molecule has 136 valence electrons. The van der Waals surface area contributed by atoms with Crippen molar-refractivity contribution in [1.82, 2.24) is 0 Å². The second kappa shape index (κ2) is 9.16. The van der Waals surface area contributed by atoms with E-state index >= 15 is 0 Å². The summed E-state index contributed by atoms with van der Waals surface area (Å²) in [6, 6.07) is 13.0. The Labute approximate surface area is 149 Å².